The molecule has 0 N–H and O–H groups in total. The van der Waals surface area contributed by atoms with Gasteiger partial charge in [0.25, 0.3) is 0 Å². The molecule has 22 heavy (non-hydrogen) atoms. The van der Waals surface area contributed by atoms with Crippen molar-refractivity contribution >= 4 is 0 Å². The minimum absolute atomic E-state index is 0.689. The minimum Gasteiger partial charge on any atom is -0.222 e. The van der Waals surface area contributed by atoms with E-state index in [2.05, 4.69) is 43.5 Å². The molecule has 0 fully saturated rings. The maximum atomic E-state index is 8.93. The molecular formula is C15H15ClN2O4. The normalized spacial score (nSPS) is 10.5. The molecule has 2 rings (SSSR count). The number of rotatable bonds is 1. The summed E-state index contributed by atoms with van der Waals surface area (Å²) in [4.78, 5) is 0. The van der Waals surface area contributed by atoms with Crippen LogP contribution in [0.15, 0.2) is 36.4 Å². The van der Waals surface area contributed by atoms with Gasteiger partial charge >= 0.3 is 0 Å². The van der Waals surface area contributed by atoms with E-state index in [0.29, 0.717) is 5.56 Å². The molecule has 6 nitrogen and oxygen atoms in total. The molecule has 0 amide bonds. The number of hydrogen-bond donors (Lipinski definition) is 0. The minimum atomic E-state index is -4.94. The lowest BCUT2D eigenvalue weighted by molar-refractivity contribution is -2.00. The van der Waals surface area contributed by atoms with E-state index >= 15 is 0 Å². The lowest BCUT2D eigenvalue weighted by Crippen LogP contribution is -2.68. The van der Waals surface area contributed by atoms with Crippen LogP contribution in [0.1, 0.15) is 22.5 Å². The highest BCUT2D eigenvalue weighted by Gasteiger charge is 2.14. The molecule has 1 aromatic carbocycles. The molecule has 0 atom stereocenters. The van der Waals surface area contributed by atoms with E-state index in [1.54, 1.807) is 0 Å². The second-order valence-electron chi connectivity index (χ2n) is 4.69. The Morgan fingerprint density at radius 1 is 0.955 bits per heavy atom. The van der Waals surface area contributed by atoms with Crippen LogP contribution in [0.3, 0.4) is 0 Å². The first kappa shape index (κ1) is 18.0. The maximum absolute atomic E-state index is 8.93. The number of hydrogen-bond acceptors (Lipinski definition) is 5. The summed E-state index contributed by atoms with van der Waals surface area (Å²) in [6.45, 7) is 6.26. The molecule has 1 aromatic heterocycles. The molecule has 0 saturated heterocycles. The molecule has 0 unspecified atom stereocenters. The van der Waals surface area contributed by atoms with Crippen molar-refractivity contribution in [1.82, 2.24) is 0 Å². The molecule has 0 spiro atoms. The summed E-state index contributed by atoms with van der Waals surface area (Å²) in [5.74, 6) is 0. The Morgan fingerprint density at radius 2 is 1.45 bits per heavy atom. The zero-order valence-corrected chi connectivity index (χ0v) is 13.1. The van der Waals surface area contributed by atoms with Crippen LogP contribution in [0, 0.1) is 42.3 Å². The fraction of sp³-hybridized carbons (Fsp3) is 0.200. The molecule has 1 heterocycles. The number of aromatic nitrogens is 1. The van der Waals surface area contributed by atoms with Gasteiger partial charge in [-0.05, 0) is 18.6 Å². The number of halogens is 1. The zero-order valence-electron chi connectivity index (χ0n) is 12.4. The average molecular weight is 323 g/mol. The predicted molar refractivity (Wildman–Crippen MR) is 66.9 cm³/mol. The standard InChI is InChI=1S/C15H15N2.ClHO4/c1-11-7-12(2)17(13(3)8-11)15-6-4-5-14(9-15)10-16;2-1(3,4)5/h4-9H,1-3H3;(H,2,3,4,5)/q+1;/p-1. The van der Waals surface area contributed by atoms with Crippen molar-refractivity contribution in [2.75, 3.05) is 0 Å². The van der Waals surface area contributed by atoms with Crippen molar-refractivity contribution in [3.05, 3.63) is 58.9 Å². The van der Waals surface area contributed by atoms with Gasteiger partial charge in [-0.1, -0.05) is 6.07 Å². The third-order valence-electron chi connectivity index (χ3n) is 2.81. The van der Waals surface area contributed by atoms with Crippen molar-refractivity contribution in [2.24, 2.45) is 0 Å². The van der Waals surface area contributed by atoms with Crippen molar-refractivity contribution in [2.45, 2.75) is 20.8 Å². The fourth-order valence-electron chi connectivity index (χ4n) is 2.23. The molecule has 0 radical (unpaired) electrons. The topological polar surface area (TPSA) is 120 Å². The first-order chi connectivity index (χ1) is 10.1. The Kier molecular flexibility index (Phi) is 6.00. The van der Waals surface area contributed by atoms with Gasteiger partial charge in [-0.2, -0.15) is 9.83 Å². The Bertz CT molecular complexity index is 676. The molecule has 0 aliphatic rings. The van der Waals surface area contributed by atoms with Crippen LogP contribution in [-0.4, -0.2) is 0 Å². The summed E-state index contributed by atoms with van der Waals surface area (Å²) in [6.07, 6.45) is 0. The first-order valence-electron chi connectivity index (χ1n) is 6.24. The molecule has 0 aliphatic heterocycles. The van der Waals surface area contributed by atoms with Crippen molar-refractivity contribution in [1.29, 1.82) is 5.26 Å². The third-order valence-corrected chi connectivity index (χ3v) is 2.81. The van der Waals surface area contributed by atoms with E-state index in [1.807, 2.05) is 24.3 Å². The SMILES string of the molecule is Cc1cc(C)[n+](-c2cccc(C#N)c2)c(C)c1.[O-][Cl+3]([O-])([O-])[O-]. The monoisotopic (exact) mass is 322 g/mol. The van der Waals surface area contributed by atoms with Crippen LogP contribution in [0.25, 0.3) is 5.69 Å². The molecule has 0 bridgehead atoms. The quantitative estimate of drug-likeness (QED) is 0.563. The van der Waals surface area contributed by atoms with Gasteiger partial charge in [0.15, 0.2) is 11.4 Å². The molecule has 0 saturated carbocycles. The highest BCUT2D eigenvalue weighted by molar-refractivity contribution is 5.37. The van der Waals surface area contributed by atoms with E-state index in [0.717, 1.165) is 5.69 Å². The molecule has 2 aromatic rings. The fourth-order valence-corrected chi connectivity index (χ4v) is 2.23. The van der Waals surface area contributed by atoms with E-state index in [4.69, 9.17) is 23.9 Å². The van der Waals surface area contributed by atoms with E-state index in [-0.39, 0.29) is 0 Å². The van der Waals surface area contributed by atoms with Gasteiger partial charge in [-0.25, -0.2) is 18.6 Å². The summed E-state index contributed by atoms with van der Waals surface area (Å²) in [5, 5.41) is 8.93. The summed E-state index contributed by atoms with van der Waals surface area (Å²) < 4.78 is 36.1. The van der Waals surface area contributed by atoms with E-state index < -0.39 is 10.2 Å². The molecule has 116 valence electrons. The second kappa shape index (κ2) is 7.31. The average Bonchev–Trinajstić information content (AvgIpc) is 2.35. The number of pyridine rings is 1. The van der Waals surface area contributed by atoms with Crippen LogP contribution < -0.4 is 23.2 Å². The Labute approximate surface area is 130 Å². The van der Waals surface area contributed by atoms with Gasteiger partial charge in [0.2, 0.25) is 5.69 Å². The smallest absolute Gasteiger partial charge is 0.212 e. The van der Waals surface area contributed by atoms with Crippen LogP contribution in [0.2, 0.25) is 0 Å². The first-order valence-corrected chi connectivity index (χ1v) is 7.47. The van der Waals surface area contributed by atoms with Crippen molar-refractivity contribution in [3.63, 3.8) is 0 Å². The molecule has 0 aliphatic carbocycles. The summed E-state index contributed by atoms with van der Waals surface area (Å²) in [6, 6.07) is 14.1. The second-order valence-corrected chi connectivity index (χ2v) is 5.45. The number of benzene rings is 1. The Balaban J connectivity index is 0.000000422. The molecular weight excluding hydrogens is 308 g/mol. The Morgan fingerprint density at radius 3 is 1.91 bits per heavy atom. The summed E-state index contributed by atoms with van der Waals surface area (Å²) >= 11 is 0. The summed E-state index contributed by atoms with van der Waals surface area (Å²) in [5.41, 5.74) is 5.34. The van der Waals surface area contributed by atoms with Gasteiger partial charge in [0.05, 0.1) is 11.6 Å². The third kappa shape index (κ3) is 5.77. The highest BCUT2D eigenvalue weighted by atomic mass is 35.7. The zero-order chi connectivity index (χ0) is 16.9. The number of nitriles is 1. The number of aryl methyl sites for hydroxylation is 3. The van der Waals surface area contributed by atoms with Crippen LogP contribution in [-0.2, 0) is 0 Å². The van der Waals surface area contributed by atoms with Crippen LogP contribution >= 0.6 is 0 Å². The van der Waals surface area contributed by atoms with Crippen LogP contribution in [0.4, 0.5) is 0 Å². The van der Waals surface area contributed by atoms with Gasteiger partial charge < -0.3 is 0 Å². The van der Waals surface area contributed by atoms with Gasteiger partial charge in [-0.3, -0.25) is 0 Å². The Hall–Kier alpha value is -2.01. The summed E-state index contributed by atoms with van der Waals surface area (Å²) in [7, 11) is -4.94. The van der Waals surface area contributed by atoms with Crippen molar-refractivity contribution < 1.29 is 33.4 Å². The maximum Gasteiger partial charge on any atom is 0.212 e. The van der Waals surface area contributed by atoms with Gasteiger partial charge in [-0.15, -0.1) is 10.2 Å². The van der Waals surface area contributed by atoms with Crippen LogP contribution in [0.5, 0.6) is 0 Å². The van der Waals surface area contributed by atoms with E-state index in [9.17, 15) is 0 Å². The molecule has 7 heteroatoms. The number of nitrogens with zero attached hydrogens (tertiary/aromatic N) is 2. The highest BCUT2D eigenvalue weighted by Crippen LogP contribution is 2.09. The predicted octanol–water partition coefficient (Wildman–Crippen LogP) is -2.00. The largest absolute Gasteiger partial charge is 0.222 e. The van der Waals surface area contributed by atoms with Gasteiger partial charge in [0, 0.05) is 38.1 Å². The van der Waals surface area contributed by atoms with Crippen molar-refractivity contribution in [3.8, 4) is 11.8 Å². The van der Waals surface area contributed by atoms with E-state index in [1.165, 1.54) is 17.0 Å². The van der Waals surface area contributed by atoms with Gasteiger partial charge in [0.1, 0.15) is 0 Å². The lowest BCUT2D eigenvalue weighted by Gasteiger charge is -2.17. The lowest BCUT2D eigenvalue weighted by atomic mass is 10.1.